The maximum Gasteiger partial charge on any atom is 0.234 e. The number of nitrogens with zero attached hydrogens (tertiary/aromatic N) is 1. The molecule has 1 amide bonds. The summed E-state index contributed by atoms with van der Waals surface area (Å²) in [5.74, 6) is 1.94. The lowest BCUT2D eigenvalue weighted by Crippen LogP contribution is -2.46. The van der Waals surface area contributed by atoms with E-state index in [1.165, 1.54) is 32.1 Å². The predicted octanol–water partition coefficient (Wildman–Crippen LogP) is 2.81. The molecule has 1 aromatic rings. The van der Waals surface area contributed by atoms with E-state index in [4.69, 9.17) is 0 Å². The third kappa shape index (κ3) is 4.07. The van der Waals surface area contributed by atoms with Gasteiger partial charge in [-0.2, -0.15) is 0 Å². The Morgan fingerprint density at radius 3 is 2.67 bits per heavy atom. The third-order valence-electron chi connectivity index (χ3n) is 5.08. The van der Waals surface area contributed by atoms with Crippen molar-refractivity contribution in [2.75, 3.05) is 19.6 Å². The number of carbonyl (C=O) groups is 1. The lowest BCUT2D eigenvalue weighted by atomic mass is 9.75. The highest BCUT2D eigenvalue weighted by Crippen LogP contribution is 2.35. The van der Waals surface area contributed by atoms with Crippen LogP contribution in [0.5, 0.6) is 0 Å². The van der Waals surface area contributed by atoms with Crippen molar-refractivity contribution in [3.63, 3.8) is 0 Å². The molecule has 2 atom stereocenters. The first-order valence-electron chi connectivity index (χ1n) is 8.34. The average molecular weight is 286 g/mol. The van der Waals surface area contributed by atoms with Gasteiger partial charge in [-0.1, -0.05) is 49.6 Å². The van der Waals surface area contributed by atoms with Gasteiger partial charge in [-0.3, -0.25) is 9.69 Å². The number of hydrogen-bond donors (Lipinski definition) is 1. The molecule has 1 heterocycles. The fraction of sp³-hybridized carbons (Fsp3) is 0.611. The van der Waals surface area contributed by atoms with Crippen LogP contribution in [-0.2, 0) is 11.3 Å². The van der Waals surface area contributed by atoms with Gasteiger partial charge in [0.05, 0.1) is 6.54 Å². The van der Waals surface area contributed by atoms with Gasteiger partial charge < -0.3 is 5.32 Å². The zero-order valence-electron chi connectivity index (χ0n) is 12.8. The van der Waals surface area contributed by atoms with Crippen LogP contribution in [0.3, 0.4) is 0 Å². The number of amides is 1. The number of likely N-dealkylation sites (tertiary alicyclic amines) is 1. The number of hydrogen-bond acceptors (Lipinski definition) is 2. The smallest absolute Gasteiger partial charge is 0.234 e. The fourth-order valence-corrected chi connectivity index (χ4v) is 3.88. The quantitative estimate of drug-likeness (QED) is 0.923. The van der Waals surface area contributed by atoms with Crippen LogP contribution in [0.2, 0.25) is 0 Å². The Balaban J connectivity index is 1.42. The highest BCUT2D eigenvalue weighted by molar-refractivity contribution is 5.78. The number of nitrogens with one attached hydrogen (secondary N) is 1. The maximum atomic E-state index is 12.1. The van der Waals surface area contributed by atoms with Crippen LogP contribution in [0.1, 0.15) is 37.7 Å². The number of carbonyl (C=O) groups excluding carboxylic acids is 1. The molecule has 3 nitrogen and oxygen atoms in total. The molecule has 1 aliphatic heterocycles. The van der Waals surface area contributed by atoms with Crippen LogP contribution in [0.4, 0.5) is 0 Å². The summed E-state index contributed by atoms with van der Waals surface area (Å²) in [4.78, 5) is 14.4. The molecule has 21 heavy (non-hydrogen) atoms. The van der Waals surface area contributed by atoms with Crippen molar-refractivity contribution in [3.8, 4) is 0 Å². The van der Waals surface area contributed by atoms with E-state index in [-0.39, 0.29) is 5.91 Å². The molecule has 0 aromatic heterocycles. The van der Waals surface area contributed by atoms with Crippen molar-refractivity contribution < 1.29 is 4.79 Å². The second-order valence-corrected chi connectivity index (χ2v) is 6.59. The van der Waals surface area contributed by atoms with E-state index in [9.17, 15) is 4.79 Å². The largest absolute Gasteiger partial charge is 0.351 e. The van der Waals surface area contributed by atoms with Crippen LogP contribution in [-0.4, -0.2) is 30.4 Å². The summed E-state index contributed by atoms with van der Waals surface area (Å²) >= 11 is 0. The standard InChI is InChI=1S/C18H26N2O/c21-18(19-12-15-6-2-1-3-7-15)14-20-11-10-16-8-4-5-9-17(16)13-20/h1-3,6-7,16-17H,4-5,8-14H2,(H,19,21). The van der Waals surface area contributed by atoms with E-state index in [0.717, 1.165) is 30.5 Å². The van der Waals surface area contributed by atoms with Crippen molar-refractivity contribution in [1.82, 2.24) is 10.2 Å². The second kappa shape index (κ2) is 7.08. The first-order valence-corrected chi connectivity index (χ1v) is 8.34. The summed E-state index contributed by atoms with van der Waals surface area (Å²) in [5.41, 5.74) is 1.16. The van der Waals surface area contributed by atoms with Crippen molar-refractivity contribution in [2.24, 2.45) is 11.8 Å². The SMILES string of the molecule is O=C(CN1CCC2CCCCC2C1)NCc1ccccc1. The highest BCUT2D eigenvalue weighted by Gasteiger charge is 2.31. The van der Waals surface area contributed by atoms with Crippen molar-refractivity contribution in [2.45, 2.75) is 38.6 Å². The number of fused-ring (bicyclic) bond motifs is 1. The second-order valence-electron chi connectivity index (χ2n) is 6.59. The van der Waals surface area contributed by atoms with E-state index < -0.39 is 0 Å². The van der Waals surface area contributed by atoms with Crippen LogP contribution in [0, 0.1) is 11.8 Å². The van der Waals surface area contributed by atoms with Gasteiger partial charge in [0.15, 0.2) is 0 Å². The van der Waals surface area contributed by atoms with Gasteiger partial charge in [-0.15, -0.1) is 0 Å². The van der Waals surface area contributed by atoms with Crippen molar-refractivity contribution in [3.05, 3.63) is 35.9 Å². The van der Waals surface area contributed by atoms with E-state index in [1.807, 2.05) is 30.3 Å². The Bertz CT molecular complexity index is 460. The molecule has 2 fully saturated rings. The van der Waals surface area contributed by atoms with E-state index >= 15 is 0 Å². The van der Waals surface area contributed by atoms with Gasteiger partial charge in [-0.05, 0) is 36.8 Å². The summed E-state index contributed by atoms with van der Waals surface area (Å²) in [5, 5.41) is 3.04. The summed E-state index contributed by atoms with van der Waals surface area (Å²) in [7, 11) is 0. The van der Waals surface area contributed by atoms with Crippen molar-refractivity contribution >= 4 is 5.91 Å². The zero-order valence-corrected chi connectivity index (χ0v) is 12.8. The molecule has 114 valence electrons. The van der Waals surface area contributed by atoms with Gasteiger partial charge in [0.1, 0.15) is 0 Å². The molecule has 0 radical (unpaired) electrons. The molecule has 1 aromatic carbocycles. The van der Waals surface area contributed by atoms with Gasteiger partial charge in [-0.25, -0.2) is 0 Å². The molecule has 3 heteroatoms. The highest BCUT2D eigenvalue weighted by atomic mass is 16.2. The van der Waals surface area contributed by atoms with Crippen molar-refractivity contribution in [1.29, 1.82) is 0 Å². The lowest BCUT2D eigenvalue weighted by Gasteiger charge is -2.41. The minimum Gasteiger partial charge on any atom is -0.351 e. The van der Waals surface area contributed by atoms with E-state index in [1.54, 1.807) is 0 Å². The van der Waals surface area contributed by atoms with Crippen LogP contribution in [0.25, 0.3) is 0 Å². The van der Waals surface area contributed by atoms with Crippen LogP contribution in [0.15, 0.2) is 30.3 Å². The molecular formula is C18H26N2O. The van der Waals surface area contributed by atoms with Crippen LogP contribution < -0.4 is 5.32 Å². The summed E-state index contributed by atoms with van der Waals surface area (Å²) < 4.78 is 0. The molecular weight excluding hydrogens is 260 g/mol. The Kier molecular flexibility index (Phi) is 4.91. The Morgan fingerprint density at radius 2 is 1.86 bits per heavy atom. The molecule has 1 aliphatic carbocycles. The zero-order chi connectivity index (χ0) is 14.5. The van der Waals surface area contributed by atoms with Crippen LogP contribution >= 0.6 is 0 Å². The fourth-order valence-electron chi connectivity index (χ4n) is 3.88. The molecule has 3 rings (SSSR count). The number of rotatable bonds is 4. The number of piperidine rings is 1. The Labute approximate surface area is 127 Å². The summed E-state index contributed by atoms with van der Waals surface area (Å²) in [6.45, 7) is 3.43. The Hall–Kier alpha value is -1.35. The molecule has 2 aliphatic rings. The minimum atomic E-state index is 0.160. The first-order chi connectivity index (χ1) is 10.3. The Morgan fingerprint density at radius 1 is 1.10 bits per heavy atom. The minimum absolute atomic E-state index is 0.160. The monoisotopic (exact) mass is 286 g/mol. The summed E-state index contributed by atoms with van der Waals surface area (Å²) in [6, 6.07) is 10.1. The van der Waals surface area contributed by atoms with Gasteiger partial charge >= 0.3 is 0 Å². The topological polar surface area (TPSA) is 32.3 Å². The average Bonchev–Trinajstić information content (AvgIpc) is 2.54. The first kappa shape index (κ1) is 14.6. The predicted molar refractivity (Wildman–Crippen MR) is 84.8 cm³/mol. The molecule has 2 unspecified atom stereocenters. The van der Waals surface area contributed by atoms with Gasteiger partial charge in [0.2, 0.25) is 5.91 Å². The molecule has 0 bridgehead atoms. The van der Waals surface area contributed by atoms with Gasteiger partial charge in [0, 0.05) is 13.1 Å². The molecule has 0 spiro atoms. The van der Waals surface area contributed by atoms with E-state index in [0.29, 0.717) is 13.1 Å². The third-order valence-corrected chi connectivity index (χ3v) is 5.08. The molecule has 1 saturated heterocycles. The normalized spacial score (nSPS) is 26.1. The van der Waals surface area contributed by atoms with E-state index in [2.05, 4.69) is 10.2 Å². The molecule has 1 saturated carbocycles. The van der Waals surface area contributed by atoms with Gasteiger partial charge in [0.25, 0.3) is 0 Å². The number of benzene rings is 1. The maximum absolute atomic E-state index is 12.1. The molecule has 1 N–H and O–H groups in total. The lowest BCUT2D eigenvalue weighted by molar-refractivity contribution is -0.123. The summed E-state index contributed by atoms with van der Waals surface area (Å²) in [6.07, 6.45) is 6.87.